The number of aromatic nitrogens is 2. The molecular formula is C18H16N2O5. The van der Waals surface area contributed by atoms with Crippen molar-refractivity contribution in [2.24, 2.45) is 0 Å². The summed E-state index contributed by atoms with van der Waals surface area (Å²) in [5, 5.41) is 9.84. The lowest BCUT2D eigenvalue weighted by atomic mass is 10.1. The van der Waals surface area contributed by atoms with Gasteiger partial charge in [0, 0.05) is 6.42 Å². The average molecular weight is 340 g/mol. The number of carbonyl (C=O) groups is 1. The first-order valence-electron chi connectivity index (χ1n) is 7.60. The van der Waals surface area contributed by atoms with Gasteiger partial charge < -0.3 is 14.8 Å². The quantitative estimate of drug-likeness (QED) is 0.734. The zero-order valence-corrected chi connectivity index (χ0v) is 13.4. The lowest BCUT2D eigenvalue weighted by Crippen LogP contribution is -2.41. The number of benzene rings is 2. The molecular weight excluding hydrogens is 324 g/mol. The SMILES string of the molecule is COc1ccc(CC(C(=O)O)n2c(=O)[nH]c3ccccc3c2=O)cc1. The van der Waals surface area contributed by atoms with Gasteiger partial charge in [0.1, 0.15) is 11.8 Å². The molecule has 1 unspecified atom stereocenters. The fourth-order valence-electron chi connectivity index (χ4n) is 2.73. The fraction of sp³-hybridized carbons (Fsp3) is 0.167. The lowest BCUT2D eigenvalue weighted by Gasteiger charge is -2.15. The van der Waals surface area contributed by atoms with Gasteiger partial charge in [-0.05, 0) is 29.8 Å². The lowest BCUT2D eigenvalue weighted by molar-refractivity contribution is -0.141. The number of H-pyrrole nitrogens is 1. The van der Waals surface area contributed by atoms with Gasteiger partial charge in [0.25, 0.3) is 5.56 Å². The van der Waals surface area contributed by atoms with Crippen LogP contribution < -0.4 is 16.0 Å². The Balaban J connectivity index is 2.09. The maximum absolute atomic E-state index is 12.6. The predicted molar refractivity (Wildman–Crippen MR) is 92.2 cm³/mol. The van der Waals surface area contributed by atoms with E-state index < -0.39 is 23.3 Å². The van der Waals surface area contributed by atoms with Crippen molar-refractivity contribution in [1.82, 2.24) is 9.55 Å². The van der Waals surface area contributed by atoms with Crippen LogP contribution in [-0.4, -0.2) is 27.7 Å². The van der Waals surface area contributed by atoms with Crippen molar-refractivity contribution in [3.63, 3.8) is 0 Å². The predicted octanol–water partition coefficient (Wildman–Crippen LogP) is 1.57. The standard InChI is InChI=1S/C18H16N2O5/c1-25-12-8-6-11(7-9-12)10-15(17(22)23)20-16(21)13-4-2-3-5-14(13)19-18(20)24/h2-9,15H,10H2,1H3,(H,19,24)(H,22,23). The van der Waals surface area contributed by atoms with E-state index in [1.165, 1.54) is 7.11 Å². The fourth-order valence-corrected chi connectivity index (χ4v) is 2.73. The molecule has 3 aromatic rings. The highest BCUT2D eigenvalue weighted by atomic mass is 16.5. The van der Waals surface area contributed by atoms with Crippen LogP contribution in [0.3, 0.4) is 0 Å². The summed E-state index contributed by atoms with van der Waals surface area (Å²) in [6.07, 6.45) is 0.000649. The molecule has 3 rings (SSSR count). The molecule has 0 bridgehead atoms. The highest BCUT2D eigenvalue weighted by Gasteiger charge is 2.24. The summed E-state index contributed by atoms with van der Waals surface area (Å²) in [6.45, 7) is 0. The van der Waals surface area contributed by atoms with Gasteiger partial charge in [-0.15, -0.1) is 0 Å². The summed E-state index contributed by atoms with van der Waals surface area (Å²) in [5.41, 5.74) is -0.320. The Morgan fingerprint density at radius 2 is 1.84 bits per heavy atom. The molecule has 1 aromatic heterocycles. The highest BCUT2D eigenvalue weighted by molar-refractivity contribution is 5.78. The second-order valence-corrected chi connectivity index (χ2v) is 5.56. The first kappa shape index (κ1) is 16.5. The number of methoxy groups -OCH3 is 1. The van der Waals surface area contributed by atoms with Crippen LogP contribution in [0.5, 0.6) is 5.75 Å². The first-order chi connectivity index (χ1) is 12.0. The second-order valence-electron chi connectivity index (χ2n) is 5.56. The van der Waals surface area contributed by atoms with E-state index in [-0.39, 0.29) is 11.8 Å². The van der Waals surface area contributed by atoms with E-state index in [9.17, 15) is 19.5 Å². The van der Waals surface area contributed by atoms with E-state index in [4.69, 9.17) is 4.74 Å². The molecule has 1 atom stereocenters. The van der Waals surface area contributed by atoms with E-state index in [1.54, 1.807) is 48.5 Å². The summed E-state index contributed by atoms with van der Waals surface area (Å²) in [7, 11) is 1.53. The van der Waals surface area contributed by atoms with Crippen molar-refractivity contribution in [3.8, 4) is 5.75 Å². The molecule has 7 heteroatoms. The Morgan fingerprint density at radius 1 is 1.16 bits per heavy atom. The Labute approximate surface area is 142 Å². The van der Waals surface area contributed by atoms with Crippen LogP contribution in [0.1, 0.15) is 11.6 Å². The van der Waals surface area contributed by atoms with Gasteiger partial charge in [0.05, 0.1) is 18.0 Å². The Hall–Kier alpha value is -3.35. The molecule has 1 heterocycles. The summed E-state index contributed by atoms with van der Waals surface area (Å²) in [5.74, 6) is -0.616. The molecule has 0 aliphatic rings. The first-order valence-corrected chi connectivity index (χ1v) is 7.60. The zero-order valence-electron chi connectivity index (χ0n) is 13.4. The zero-order chi connectivity index (χ0) is 18.0. The number of hydrogen-bond acceptors (Lipinski definition) is 4. The van der Waals surface area contributed by atoms with Crippen LogP contribution >= 0.6 is 0 Å². The molecule has 2 aromatic carbocycles. The summed E-state index contributed by atoms with van der Waals surface area (Å²) in [4.78, 5) is 39.3. The van der Waals surface area contributed by atoms with Gasteiger partial charge in [0.15, 0.2) is 0 Å². The molecule has 0 aliphatic heterocycles. The molecule has 0 radical (unpaired) electrons. The van der Waals surface area contributed by atoms with Gasteiger partial charge in [-0.1, -0.05) is 24.3 Å². The van der Waals surface area contributed by atoms with Gasteiger partial charge in [0.2, 0.25) is 0 Å². The van der Waals surface area contributed by atoms with Gasteiger partial charge >= 0.3 is 11.7 Å². The minimum Gasteiger partial charge on any atom is -0.497 e. The van der Waals surface area contributed by atoms with Crippen LogP contribution in [0, 0.1) is 0 Å². The van der Waals surface area contributed by atoms with Crippen LogP contribution in [0.25, 0.3) is 10.9 Å². The molecule has 0 saturated heterocycles. The molecule has 2 N–H and O–H groups in total. The maximum Gasteiger partial charge on any atom is 0.329 e. The number of carboxylic acids is 1. The van der Waals surface area contributed by atoms with E-state index in [0.717, 1.165) is 4.57 Å². The topological polar surface area (TPSA) is 101 Å². The number of hydrogen-bond donors (Lipinski definition) is 2. The molecule has 7 nitrogen and oxygen atoms in total. The molecule has 0 amide bonds. The van der Waals surface area contributed by atoms with E-state index in [2.05, 4.69) is 4.98 Å². The second kappa shape index (κ2) is 6.64. The van der Waals surface area contributed by atoms with Crippen LogP contribution in [-0.2, 0) is 11.2 Å². The summed E-state index contributed by atoms with van der Waals surface area (Å²) in [6, 6.07) is 12.0. The van der Waals surface area contributed by atoms with Gasteiger partial charge in [-0.2, -0.15) is 0 Å². The third-order valence-electron chi connectivity index (χ3n) is 4.02. The minimum absolute atomic E-state index is 0.000649. The smallest absolute Gasteiger partial charge is 0.329 e. The van der Waals surface area contributed by atoms with E-state index >= 15 is 0 Å². The van der Waals surface area contributed by atoms with Gasteiger partial charge in [-0.3, -0.25) is 4.79 Å². The maximum atomic E-state index is 12.6. The van der Waals surface area contributed by atoms with Crippen molar-refractivity contribution in [3.05, 3.63) is 74.9 Å². The number of aliphatic carboxylic acids is 1. The molecule has 25 heavy (non-hydrogen) atoms. The number of nitrogens with zero attached hydrogens (tertiary/aromatic N) is 1. The summed E-state index contributed by atoms with van der Waals surface area (Å²) < 4.78 is 5.82. The van der Waals surface area contributed by atoms with Gasteiger partial charge in [-0.25, -0.2) is 14.2 Å². The van der Waals surface area contributed by atoms with Crippen molar-refractivity contribution < 1.29 is 14.6 Å². The molecule has 0 aliphatic carbocycles. The molecule has 0 fully saturated rings. The number of rotatable bonds is 5. The van der Waals surface area contributed by atoms with Crippen molar-refractivity contribution >= 4 is 16.9 Å². The normalized spacial score (nSPS) is 12.0. The number of aromatic amines is 1. The summed E-state index contributed by atoms with van der Waals surface area (Å²) >= 11 is 0. The third kappa shape index (κ3) is 3.16. The van der Waals surface area contributed by atoms with Crippen molar-refractivity contribution in [2.75, 3.05) is 7.11 Å². The number of nitrogens with one attached hydrogen (secondary N) is 1. The van der Waals surface area contributed by atoms with Crippen LogP contribution in [0.2, 0.25) is 0 Å². The Bertz CT molecular complexity index is 1030. The Kier molecular flexibility index (Phi) is 4.38. The number of para-hydroxylation sites is 1. The number of carboxylic acid groups (broad SMARTS) is 1. The minimum atomic E-state index is -1.31. The number of fused-ring (bicyclic) bond motifs is 1. The van der Waals surface area contributed by atoms with E-state index in [1.807, 2.05) is 0 Å². The highest BCUT2D eigenvalue weighted by Crippen LogP contribution is 2.17. The number of ether oxygens (including phenoxy) is 1. The monoisotopic (exact) mass is 340 g/mol. The van der Waals surface area contributed by atoms with E-state index in [0.29, 0.717) is 16.8 Å². The average Bonchev–Trinajstić information content (AvgIpc) is 2.61. The molecule has 128 valence electrons. The molecule has 0 saturated carbocycles. The van der Waals surface area contributed by atoms with Crippen LogP contribution in [0.4, 0.5) is 0 Å². The third-order valence-corrected chi connectivity index (χ3v) is 4.02. The largest absolute Gasteiger partial charge is 0.497 e. The molecule has 0 spiro atoms. The van der Waals surface area contributed by atoms with Crippen molar-refractivity contribution in [1.29, 1.82) is 0 Å². The Morgan fingerprint density at radius 3 is 2.48 bits per heavy atom. The van der Waals surface area contributed by atoms with Crippen LogP contribution in [0.15, 0.2) is 58.1 Å². The van der Waals surface area contributed by atoms with Crippen molar-refractivity contribution in [2.45, 2.75) is 12.5 Å².